The molecule has 0 radical (unpaired) electrons. The fourth-order valence-electron chi connectivity index (χ4n) is 3.49. The highest BCUT2D eigenvalue weighted by atomic mass is 16.3. The molecule has 1 saturated heterocycles. The van der Waals surface area contributed by atoms with E-state index >= 15 is 0 Å². The molecule has 1 atom stereocenters. The van der Waals surface area contributed by atoms with Gasteiger partial charge in [0.25, 0.3) is 5.91 Å². The summed E-state index contributed by atoms with van der Waals surface area (Å²) in [4.78, 5) is 29.2. The maximum absolute atomic E-state index is 13.0. The highest BCUT2D eigenvalue weighted by molar-refractivity contribution is 5.98. The van der Waals surface area contributed by atoms with Crippen LogP contribution in [0.25, 0.3) is 11.1 Å². The Morgan fingerprint density at radius 3 is 2.44 bits per heavy atom. The highest BCUT2D eigenvalue weighted by Gasteiger charge is 2.32. The van der Waals surface area contributed by atoms with E-state index in [4.69, 9.17) is 4.42 Å². The zero-order chi connectivity index (χ0) is 18.8. The first-order chi connectivity index (χ1) is 13.1. The van der Waals surface area contributed by atoms with E-state index in [0.717, 1.165) is 24.0 Å². The lowest BCUT2D eigenvalue weighted by Crippen LogP contribution is -2.55. The van der Waals surface area contributed by atoms with E-state index in [2.05, 4.69) is 10.2 Å². The molecule has 6 heteroatoms. The molecule has 1 N–H and O–H groups in total. The van der Waals surface area contributed by atoms with Crippen molar-refractivity contribution in [2.24, 2.45) is 0 Å². The number of nitrogens with zero attached hydrogens (tertiary/aromatic N) is 2. The van der Waals surface area contributed by atoms with Crippen molar-refractivity contribution in [2.45, 2.75) is 31.8 Å². The molecule has 1 aromatic carbocycles. The second-order valence-corrected chi connectivity index (χ2v) is 7.32. The molecule has 2 heterocycles. The maximum Gasteiger partial charge on any atom is 0.290 e. The molecule has 0 bridgehead atoms. The molecule has 4 rings (SSSR count). The maximum atomic E-state index is 13.0. The molecular formula is C21H25N3O3. The largest absolute Gasteiger partial charge is 0.459 e. The Morgan fingerprint density at radius 1 is 1.07 bits per heavy atom. The first kappa shape index (κ1) is 17.8. The molecule has 2 aliphatic rings. The molecule has 6 nitrogen and oxygen atoms in total. The third-order valence-electron chi connectivity index (χ3n) is 5.40. The Morgan fingerprint density at radius 2 is 1.78 bits per heavy atom. The summed E-state index contributed by atoms with van der Waals surface area (Å²) in [5.74, 6) is 0.387. The van der Waals surface area contributed by atoms with Gasteiger partial charge in [-0.2, -0.15) is 0 Å². The SMILES string of the molecule is CC(C(=O)NC1CC1)N1CCN(C(=O)c2occc2-c2ccccc2)CC1. The van der Waals surface area contributed by atoms with E-state index in [1.165, 1.54) is 0 Å². The topological polar surface area (TPSA) is 65.8 Å². The van der Waals surface area contributed by atoms with Crippen LogP contribution in [-0.4, -0.2) is 59.9 Å². The van der Waals surface area contributed by atoms with Crippen molar-refractivity contribution in [1.29, 1.82) is 0 Å². The summed E-state index contributed by atoms with van der Waals surface area (Å²) in [6.07, 6.45) is 3.75. The molecule has 2 amide bonds. The van der Waals surface area contributed by atoms with Crippen LogP contribution >= 0.6 is 0 Å². The Bertz CT molecular complexity index is 805. The molecule has 27 heavy (non-hydrogen) atoms. The summed E-state index contributed by atoms with van der Waals surface area (Å²) in [7, 11) is 0. The quantitative estimate of drug-likeness (QED) is 0.881. The van der Waals surface area contributed by atoms with Gasteiger partial charge in [-0.1, -0.05) is 30.3 Å². The Labute approximate surface area is 159 Å². The normalized spacial score (nSPS) is 18.9. The van der Waals surface area contributed by atoms with Crippen molar-refractivity contribution in [3.63, 3.8) is 0 Å². The van der Waals surface area contributed by atoms with Crippen molar-refractivity contribution in [3.05, 3.63) is 48.4 Å². The van der Waals surface area contributed by atoms with Crippen LogP contribution in [0, 0.1) is 0 Å². The number of amides is 2. The average molecular weight is 367 g/mol. The second kappa shape index (κ2) is 7.56. The molecule has 1 aliphatic heterocycles. The minimum absolute atomic E-state index is 0.0893. The van der Waals surface area contributed by atoms with E-state index < -0.39 is 0 Å². The van der Waals surface area contributed by atoms with Crippen molar-refractivity contribution >= 4 is 11.8 Å². The molecule has 0 spiro atoms. The summed E-state index contributed by atoms with van der Waals surface area (Å²) < 4.78 is 5.53. The first-order valence-electron chi connectivity index (χ1n) is 9.60. The molecule has 2 aromatic rings. The Hall–Kier alpha value is -2.60. The summed E-state index contributed by atoms with van der Waals surface area (Å²) in [6, 6.07) is 11.8. The van der Waals surface area contributed by atoms with E-state index in [1.807, 2.05) is 48.2 Å². The van der Waals surface area contributed by atoms with Crippen LogP contribution in [0.15, 0.2) is 47.1 Å². The van der Waals surface area contributed by atoms with Crippen molar-refractivity contribution in [2.75, 3.05) is 26.2 Å². The van der Waals surface area contributed by atoms with Gasteiger partial charge in [-0.3, -0.25) is 14.5 Å². The number of carbonyl (C=O) groups excluding carboxylic acids is 2. The fourth-order valence-corrected chi connectivity index (χ4v) is 3.49. The zero-order valence-corrected chi connectivity index (χ0v) is 15.6. The summed E-state index contributed by atoms with van der Waals surface area (Å²) in [5.41, 5.74) is 1.79. The summed E-state index contributed by atoms with van der Waals surface area (Å²) in [5, 5.41) is 3.06. The predicted molar refractivity (Wildman–Crippen MR) is 102 cm³/mol. The van der Waals surface area contributed by atoms with E-state index in [-0.39, 0.29) is 17.9 Å². The minimum Gasteiger partial charge on any atom is -0.459 e. The van der Waals surface area contributed by atoms with Crippen LogP contribution in [0.5, 0.6) is 0 Å². The number of hydrogen-bond donors (Lipinski definition) is 1. The van der Waals surface area contributed by atoms with Gasteiger partial charge in [0.15, 0.2) is 5.76 Å². The molecular weight excluding hydrogens is 342 g/mol. The van der Waals surface area contributed by atoms with Crippen LogP contribution in [0.3, 0.4) is 0 Å². The van der Waals surface area contributed by atoms with Gasteiger partial charge >= 0.3 is 0 Å². The van der Waals surface area contributed by atoms with Crippen LogP contribution < -0.4 is 5.32 Å². The third kappa shape index (κ3) is 3.90. The van der Waals surface area contributed by atoms with Gasteiger partial charge in [0.05, 0.1) is 12.3 Å². The van der Waals surface area contributed by atoms with Gasteiger partial charge in [-0.15, -0.1) is 0 Å². The summed E-state index contributed by atoms with van der Waals surface area (Å²) in [6.45, 7) is 4.50. The fraction of sp³-hybridized carbons (Fsp3) is 0.429. The lowest BCUT2D eigenvalue weighted by atomic mass is 10.1. The molecule has 142 valence electrons. The second-order valence-electron chi connectivity index (χ2n) is 7.32. The average Bonchev–Trinajstić information content (AvgIpc) is 3.39. The van der Waals surface area contributed by atoms with E-state index in [0.29, 0.717) is 38.0 Å². The number of piperazine rings is 1. The van der Waals surface area contributed by atoms with Gasteiger partial charge in [-0.25, -0.2) is 0 Å². The first-order valence-corrected chi connectivity index (χ1v) is 9.60. The van der Waals surface area contributed by atoms with Crippen LogP contribution in [0.4, 0.5) is 0 Å². The predicted octanol–water partition coefficient (Wildman–Crippen LogP) is 2.37. The standard InChI is InChI=1S/C21H25N3O3/c1-15(20(25)22-17-7-8-17)23-10-12-24(13-11-23)21(26)19-18(9-14-27-19)16-5-3-2-4-6-16/h2-6,9,14-15,17H,7-8,10-13H2,1H3,(H,22,25). The van der Waals surface area contributed by atoms with Gasteiger partial charge in [0, 0.05) is 37.8 Å². The highest BCUT2D eigenvalue weighted by Crippen LogP contribution is 2.26. The monoisotopic (exact) mass is 367 g/mol. The number of benzene rings is 1. The van der Waals surface area contributed by atoms with E-state index in [9.17, 15) is 9.59 Å². The molecule has 1 aliphatic carbocycles. The van der Waals surface area contributed by atoms with Gasteiger partial charge in [-0.05, 0) is 31.4 Å². The zero-order valence-electron chi connectivity index (χ0n) is 15.6. The number of carbonyl (C=O) groups is 2. The number of rotatable bonds is 5. The molecule has 2 fully saturated rings. The Balaban J connectivity index is 1.38. The van der Waals surface area contributed by atoms with Crippen LogP contribution in [0.2, 0.25) is 0 Å². The van der Waals surface area contributed by atoms with Crippen molar-refractivity contribution in [3.8, 4) is 11.1 Å². The number of furan rings is 1. The third-order valence-corrected chi connectivity index (χ3v) is 5.40. The minimum atomic E-state index is -0.161. The molecule has 1 unspecified atom stereocenters. The van der Waals surface area contributed by atoms with E-state index in [1.54, 1.807) is 6.26 Å². The van der Waals surface area contributed by atoms with Gasteiger partial charge < -0.3 is 14.6 Å². The van der Waals surface area contributed by atoms with Gasteiger partial charge in [0.1, 0.15) is 0 Å². The lowest BCUT2D eigenvalue weighted by molar-refractivity contribution is -0.126. The molecule has 1 aromatic heterocycles. The summed E-state index contributed by atoms with van der Waals surface area (Å²) >= 11 is 0. The number of hydrogen-bond acceptors (Lipinski definition) is 4. The Kier molecular flexibility index (Phi) is 4.99. The molecule has 1 saturated carbocycles. The number of nitrogens with one attached hydrogen (secondary N) is 1. The van der Waals surface area contributed by atoms with Crippen LogP contribution in [-0.2, 0) is 4.79 Å². The van der Waals surface area contributed by atoms with Crippen LogP contribution in [0.1, 0.15) is 30.3 Å². The van der Waals surface area contributed by atoms with Gasteiger partial charge in [0.2, 0.25) is 5.91 Å². The van der Waals surface area contributed by atoms with Crippen molar-refractivity contribution in [1.82, 2.24) is 15.1 Å². The lowest BCUT2D eigenvalue weighted by Gasteiger charge is -2.37. The smallest absolute Gasteiger partial charge is 0.290 e. The van der Waals surface area contributed by atoms with Crippen molar-refractivity contribution < 1.29 is 14.0 Å².